The fourth-order valence-electron chi connectivity index (χ4n) is 7.64. The van der Waals surface area contributed by atoms with Gasteiger partial charge < -0.3 is 9.84 Å². The third kappa shape index (κ3) is 2.47. The van der Waals surface area contributed by atoms with Crippen molar-refractivity contribution in [2.75, 3.05) is 0 Å². The van der Waals surface area contributed by atoms with Gasteiger partial charge in [0.2, 0.25) is 5.78 Å². The molecule has 0 aromatic carbocycles. The molecule has 168 valence electrons. The first-order valence-corrected chi connectivity index (χ1v) is 10.9. The summed E-state index contributed by atoms with van der Waals surface area (Å²) in [4.78, 5) is 48.5. The molecule has 8 atom stereocenters. The van der Waals surface area contributed by atoms with E-state index in [1.807, 2.05) is 0 Å². The Morgan fingerprint density at radius 2 is 1.97 bits per heavy atom. The second kappa shape index (κ2) is 6.67. The Hall–Kier alpha value is -2.15. The van der Waals surface area contributed by atoms with Crippen molar-refractivity contribution >= 4 is 23.8 Å². The molecule has 0 aromatic rings. The van der Waals surface area contributed by atoms with Crippen LogP contribution in [0.3, 0.4) is 0 Å². The van der Waals surface area contributed by atoms with Crippen LogP contribution in [0.4, 0.5) is 4.39 Å². The fourth-order valence-corrected chi connectivity index (χ4v) is 7.64. The number of hydrogen-bond donors (Lipinski definition) is 1. The lowest BCUT2D eigenvalue weighted by Crippen LogP contribution is -2.70. The molecule has 0 aromatic heterocycles. The summed E-state index contributed by atoms with van der Waals surface area (Å²) in [5.74, 6) is -3.24. The molecule has 3 saturated carbocycles. The summed E-state index contributed by atoms with van der Waals surface area (Å²) < 4.78 is 22.7. The molecule has 4 rings (SSSR count). The Labute approximate surface area is 180 Å². The molecule has 0 aliphatic heterocycles. The van der Waals surface area contributed by atoms with E-state index in [9.17, 15) is 24.3 Å². The molecule has 0 bridgehead atoms. The van der Waals surface area contributed by atoms with Crippen LogP contribution < -0.4 is 0 Å². The van der Waals surface area contributed by atoms with E-state index < -0.39 is 51.8 Å². The second-order valence-electron chi connectivity index (χ2n) is 10.2. The zero-order valence-corrected chi connectivity index (χ0v) is 18.3. The minimum Gasteiger partial charge on any atom is -0.450 e. The smallest absolute Gasteiger partial charge is 0.303 e. The molecule has 31 heavy (non-hydrogen) atoms. The normalized spacial score (nSPS) is 48.2. The standard InChI is InChI=1S/C24H29FO6/c1-13-9-18-17-6-5-15-10-16(28)7-8-21(15,3)23(17,25)19(29)11-22(18,4)24(13,20(30)12-26)31-14(2)27/h7-8,10,12-13,17-19,29H,5-6,9,11H2,1-4H3/t13-,17+,18+,19+,21+,22+,23+,24+/m1/s1. The van der Waals surface area contributed by atoms with Crippen molar-refractivity contribution < 1.29 is 33.4 Å². The maximum Gasteiger partial charge on any atom is 0.303 e. The van der Waals surface area contributed by atoms with Crippen LogP contribution in [0, 0.1) is 28.6 Å². The summed E-state index contributed by atoms with van der Waals surface area (Å²) in [6.45, 7) is 6.38. The van der Waals surface area contributed by atoms with E-state index in [0.717, 1.165) is 0 Å². The lowest BCUT2D eigenvalue weighted by atomic mass is 9.44. The van der Waals surface area contributed by atoms with Gasteiger partial charge in [0.25, 0.3) is 0 Å². The summed E-state index contributed by atoms with van der Waals surface area (Å²) in [7, 11) is 0. The molecule has 6 nitrogen and oxygen atoms in total. The number of fused-ring (bicyclic) bond motifs is 5. The van der Waals surface area contributed by atoms with Crippen LogP contribution in [0.15, 0.2) is 23.8 Å². The number of carbonyl (C=O) groups excluding carboxylic acids is 4. The second-order valence-corrected chi connectivity index (χ2v) is 10.2. The molecule has 0 radical (unpaired) electrons. The van der Waals surface area contributed by atoms with Gasteiger partial charge in [0.15, 0.2) is 23.3 Å². The van der Waals surface area contributed by atoms with Gasteiger partial charge in [0, 0.05) is 29.6 Å². The highest BCUT2D eigenvalue weighted by molar-refractivity contribution is 6.29. The van der Waals surface area contributed by atoms with E-state index in [2.05, 4.69) is 0 Å². The quantitative estimate of drug-likeness (QED) is 0.418. The number of allylic oxidation sites excluding steroid dienone is 4. The van der Waals surface area contributed by atoms with Crippen molar-refractivity contribution in [2.45, 2.75) is 70.8 Å². The van der Waals surface area contributed by atoms with Gasteiger partial charge in [-0.2, -0.15) is 0 Å². The number of alkyl halides is 1. The fraction of sp³-hybridized carbons (Fsp3) is 0.667. The zero-order chi connectivity index (χ0) is 23.0. The molecule has 0 heterocycles. The van der Waals surface area contributed by atoms with Gasteiger partial charge in [-0.3, -0.25) is 19.2 Å². The van der Waals surface area contributed by atoms with E-state index in [0.29, 0.717) is 24.8 Å². The minimum atomic E-state index is -2.05. The summed E-state index contributed by atoms with van der Waals surface area (Å²) in [5.41, 5.74) is -5.35. The van der Waals surface area contributed by atoms with Gasteiger partial charge in [0.05, 0.1) is 6.10 Å². The Morgan fingerprint density at radius 1 is 1.29 bits per heavy atom. The molecule has 0 amide bonds. The highest BCUT2D eigenvalue weighted by atomic mass is 19.1. The molecule has 3 fully saturated rings. The topological polar surface area (TPSA) is 97.7 Å². The number of aliphatic hydroxyl groups is 1. The van der Waals surface area contributed by atoms with Crippen LogP contribution in [0.5, 0.6) is 0 Å². The first kappa shape index (κ1) is 22.1. The van der Waals surface area contributed by atoms with Gasteiger partial charge in [-0.15, -0.1) is 0 Å². The van der Waals surface area contributed by atoms with Crippen molar-refractivity contribution in [3.63, 3.8) is 0 Å². The lowest BCUT2D eigenvalue weighted by molar-refractivity contribution is -0.226. The van der Waals surface area contributed by atoms with Gasteiger partial charge >= 0.3 is 5.97 Å². The molecule has 0 unspecified atom stereocenters. The predicted molar refractivity (Wildman–Crippen MR) is 108 cm³/mol. The van der Waals surface area contributed by atoms with Crippen molar-refractivity contribution in [3.8, 4) is 0 Å². The third-order valence-corrected chi connectivity index (χ3v) is 8.96. The van der Waals surface area contributed by atoms with Gasteiger partial charge in [0.1, 0.15) is 0 Å². The highest BCUT2D eigenvalue weighted by Crippen LogP contribution is 2.71. The molecule has 0 saturated heterocycles. The van der Waals surface area contributed by atoms with Crippen LogP contribution in [-0.2, 0) is 23.9 Å². The Kier molecular flexibility index (Phi) is 4.75. The van der Waals surface area contributed by atoms with E-state index in [1.165, 1.54) is 19.1 Å². The SMILES string of the molecule is CC(=O)O[C@]1(C(=O)C=O)[C@H](C)C[C@H]2[C@@H]3CCC4=CC(=O)C=C[C@]4(C)[C@@]3(F)[C@@H](O)C[C@@]21C. The first-order valence-electron chi connectivity index (χ1n) is 10.9. The Bertz CT molecular complexity index is 938. The van der Waals surface area contributed by atoms with Crippen molar-refractivity contribution in [1.29, 1.82) is 0 Å². The largest absolute Gasteiger partial charge is 0.450 e. The number of halogens is 1. The number of Topliss-reactive ketones (excluding diaryl/α,β-unsaturated/α-hetero) is 1. The average Bonchev–Trinajstić information content (AvgIpc) is 2.90. The molecular formula is C24H29FO6. The monoisotopic (exact) mass is 432 g/mol. The number of ketones is 2. The van der Waals surface area contributed by atoms with Crippen LogP contribution >= 0.6 is 0 Å². The average molecular weight is 432 g/mol. The summed E-state index contributed by atoms with van der Waals surface area (Å²) >= 11 is 0. The van der Waals surface area contributed by atoms with Crippen LogP contribution in [-0.4, -0.2) is 46.3 Å². The molecule has 1 N–H and O–H groups in total. The minimum absolute atomic E-state index is 0.132. The van der Waals surface area contributed by atoms with Crippen LogP contribution in [0.2, 0.25) is 0 Å². The van der Waals surface area contributed by atoms with Gasteiger partial charge in [-0.25, -0.2) is 4.39 Å². The third-order valence-electron chi connectivity index (χ3n) is 8.96. The molecular weight excluding hydrogens is 403 g/mol. The number of hydrogen-bond acceptors (Lipinski definition) is 6. The number of ether oxygens (including phenoxy) is 1. The number of esters is 1. The number of carbonyl (C=O) groups is 4. The van der Waals surface area contributed by atoms with E-state index >= 15 is 4.39 Å². The summed E-state index contributed by atoms with van der Waals surface area (Å²) in [6.07, 6.45) is 4.25. The molecule has 4 aliphatic rings. The van der Waals surface area contributed by atoms with Gasteiger partial charge in [-0.1, -0.05) is 25.5 Å². The highest BCUT2D eigenvalue weighted by Gasteiger charge is 2.77. The summed E-state index contributed by atoms with van der Waals surface area (Å²) in [5, 5.41) is 11.3. The summed E-state index contributed by atoms with van der Waals surface area (Å²) in [6, 6.07) is 0. The van der Waals surface area contributed by atoms with E-state index in [4.69, 9.17) is 4.74 Å². The maximum absolute atomic E-state index is 17.1. The Balaban J connectivity index is 1.87. The van der Waals surface area contributed by atoms with Crippen molar-refractivity contribution in [2.24, 2.45) is 28.6 Å². The molecule has 0 spiro atoms. The number of aldehydes is 1. The van der Waals surface area contributed by atoms with Crippen LogP contribution in [0.1, 0.15) is 53.4 Å². The number of rotatable bonds is 3. The van der Waals surface area contributed by atoms with E-state index in [1.54, 1.807) is 26.8 Å². The lowest BCUT2D eigenvalue weighted by Gasteiger charge is -2.62. The van der Waals surface area contributed by atoms with Crippen molar-refractivity contribution in [1.82, 2.24) is 0 Å². The van der Waals surface area contributed by atoms with Crippen LogP contribution in [0.25, 0.3) is 0 Å². The Morgan fingerprint density at radius 3 is 2.58 bits per heavy atom. The zero-order valence-electron chi connectivity index (χ0n) is 18.3. The van der Waals surface area contributed by atoms with Crippen molar-refractivity contribution in [3.05, 3.63) is 23.8 Å². The van der Waals surface area contributed by atoms with E-state index in [-0.39, 0.29) is 24.4 Å². The first-order chi connectivity index (χ1) is 14.4. The maximum atomic E-state index is 17.1. The predicted octanol–water partition coefficient (Wildman–Crippen LogP) is 2.67. The van der Waals surface area contributed by atoms with Gasteiger partial charge in [-0.05, 0) is 50.7 Å². The number of aliphatic hydroxyl groups excluding tert-OH is 1. The molecule has 4 aliphatic carbocycles. The molecule has 7 heteroatoms.